The van der Waals surface area contributed by atoms with Crippen LogP contribution in [0.15, 0.2) is 0 Å². The minimum Gasteiger partial charge on any atom is -0.202 e. The van der Waals surface area contributed by atoms with E-state index < -0.39 is 42.5 Å². The second-order valence-electron chi connectivity index (χ2n) is 9.39. The smallest absolute Gasteiger partial charge is 0.202 e. The van der Waals surface area contributed by atoms with Gasteiger partial charge < -0.3 is 0 Å². The fraction of sp³-hybridized carbons (Fsp3) is 1.00. The molecule has 0 saturated heterocycles. The number of aliphatic hydroxyl groups is 1. The van der Waals surface area contributed by atoms with Crippen molar-refractivity contribution in [1.29, 1.82) is 0 Å². The van der Waals surface area contributed by atoms with Gasteiger partial charge in [0.15, 0.2) is 0 Å². The number of unbranched alkanes of at least 4 members (excludes halogenated alkanes) is 9. The summed E-state index contributed by atoms with van der Waals surface area (Å²) in [5, 5.41) is 9.64. The third kappa shape index (κ3) is 17.2. The second-order valence-corrected chi connectivity index (χ2v) is 18.0. The SMILES string of the molecule is CCCCCC[PH](CCO)(CCCCCC)CCCCCC.O=S(=O)(NS(=O)(=O)C(F)(F)F)C(F)(F)F. The number of halogens is 6. The van der Waals surface area contributed by atoms with Gasteiger partial charge in [-0.2, -0.15) is 26.3 Å². The summed E-state index contributed by atoms with van der Waals surface area (Å²) in [5.74, 6) is 0. The third-order valence-corrected chi connectivity index (χ3v) is 14.7. The molecule has 0 amide bonds. The van der Waals surface area contributed by atoms with Crippen LogP contribution in [0.4, 0.5) is 26.3 Å². The van der Waals surface area contributed by atoms with Crippen LogP contribution in [0.25, 0.3) is 0 Å². The van der Waals surface area contributed by atoms with Gasteiger partial charge in [0.05, 0.1) is 0 Å². The van der Waals surface area contributed by atoms with E-state index in [1.165, 1.54) is 102 Å². The number of hydrogen-bond donors (Lipinski definition) is 2. The topological polar surface area (TPSA) is 101 Å². The molecule has 0 radical (unpaired) electrons. The van der Waals surface area contributed by atoms with Crippen molar-refractivity contribution in [3.8, 4) is 0 Å². The summed E-state index contributed by atoms with van der Waals surface area (Å²) in [4.78, 5) is 0. The maximum atomic E-state index is 11.5. The normalized spacial score (nSPS) is 13.8. The summed E-state index contributed by atoms with van der Waals surface area (Å²) in [7, 11) is -14.4. The molecule has 0 aliphatic heterocycles. The van der Waals surface area contributed by atoms with E-state index in [0.29, 0.717) is 6.61 Å². The first-order valence-electron chi connectivity index (χ1n) is 13.0. The zero-order valence-electron chi connectivity index (χ0n) is 22.2. The van der Waals surface area contributed by atoms with E-state index in [2.05, 4.69) is 20.8 Å². The number of sulfonamides is 2. The maximum absolute atomic E-state index is 11.5. The predicted octanol–water partition coefficient (Wildman–Crippen LogP) is 6.74. The van der Waals surface area contributed by atoms with Crippen LogP contribution in [0.1, 0.15) is 97.8 Å². The molecule has 0 bridgehead atoms. The van der Waals surface area contributed by atoms with Crippen LogP contribution in [-0.4, -0.2) is 64.2 Å². The number of aliphatic hydroxyl groups excluding tert-OH is 1. The number of rotatable bonds is 19. The molecule has 0 atom stereocenters. The minimum atomic E-state index is -6.60. The molecule has 0 aromatic carbocycles. The van der Waals surface area contributed by atoms with Crippen LogP contribution in [0.2, 0.25) is 0 Å². The molecule has 0 fully saturated rings. The van der Waals surface area contributed by atoms with Crippen LogP contribution >= 0.6 is 7.26 Å². The molecule has 0 aliphatic carbocycles. The Morgan fingerprint density at radius 2 is 0.865 bits per heavy atom. The largest absolute Gasteiger partial charge is 0.512 e. The van der Waals surface area contributed by atoms with Crippen molar-refractivity contribution in [1.82, 2.24) is 4.13 Å². The molecule has 0 rings (SSSR count). The fourth-order valence-electron chi connectivity index (χ4n) is 4.01. The first-order valence-corrected chi connectivity index (χ1v) is 18.8. The van der Waals surface area contributed by atoms with Gasteiger partial charge in [0.2, 0.25) is 0 Å². The fourth-order valence-corrected chi connectivity index (χ4v) is 10.9. The number of alkyl halides is 6. The molecule has 0 aliphatic rings. The van der Waals surface area contributed by atoms with Gasteiger partial charge in [-0.3, -0.25) is 0 Å². The molecule has 0 unspecified atom stereocenters. The van der Waals surface area contributed by atoms with Gasteiger partial charge in [-0.25, -0.2) is 16.8 Å². The molecule has 0 heterocycles. The molecule has 37 heavy (non-hydrogen) atoms. The predicted molar refractivity (Wildman–Crippen MR) is 140 cm³/mol. The molecule has 0 aromatic heterocycles. The van der Waals surface area contributed by atoms with Crippen molar-refractivity contribution in [2.75, 3.05) is 31.3 Å². The monoisotopic (exact) mass is 613 g/mol. The Kier molecular flexibility index (Phi) is 20.0. The maximum Gasteiger partial charge on any atom is 0.512 e. The van der Waals surface area contributed by atoms with E-state index in [9.17, 15) is 48.3 Å². The zero-order valence-corrected chi connectivity index (χ0v) is 24.8. The van der Waals surface area contributed by atoms with E-state index in [0.717, 1.165) is 0 Å². The minimum absolute atomic E-state index is 0.446. The Hall–Kier alpha value is -0.170. The van der Waals surface area contributed by atoms with Gasteiger partial charge in [-0.15, -0.1) is 0 Å². The second kappa shape index (κ2) is 19.0. The summed E-state index contributed by atoms with van der Waals surface area (Å²) < 4.78 is 108. The van der Waals surface area contributed by atoms with E-state index in [1.54, 1.807) is 0 Å². The van der Waals surface area contributed by atoms with Crippen molar-refractivity contribution in [3.05, 3.63) is 0 Å². The van der Waals surface area contributed by atoms with E-state index in [-0.39, 0.29) is 0 Å². The first kappa shape index (κ1) is 39.0. The molecule has 228 valence electrons. The van der Waals surface area contributed by atoms with Crippen molar-refractivity contribution in [2.24, 2.45) is 0 Å². The standard InChI is InChI=1S/C20H45OP.C2HF6NO4S2/c1-4-7-10-13-17-22(20-16-21,18-14-11-8-5-2)19-15-12-9-6-3;3-1(4,5)14(10,11)9-15(12,13)2(6,7)8/h21-22H,4-20H2,1-3H3;9H. The average molecular weight is 614 g/mol. The van der Waals surface area contributed by atoms with Crippen LogP contribution in [0, 0.1) is 0 Å². The van der Waals surface area contributed by atoms with Gasteiger partial charge in [0.25, 0.3) is 0 Å². The van der Waals surface area contributed by atoms with Gasteiger partial charge in [0.1, 0.15) is 0 Å². The third-order valence-electron chi connectivity index (χ3n) is 6.15. The van der Waals surface area contributed by atoms with Gasteiger partial charge in [-0.05, 0) is 0 Å². The molecule has 2 N–H and O–H groups in total. The zero-order chi connectivity index (χ0) is 29.2. The van der Waals surface area contributed by atoms with Crippen LogP contribution in [-0.2, 0) is 20.0 Å². The van der Waals surface area contributed by atoms with Crippen molar-refractivity contribution >= 4 is 27.3 Å². The summed E-state index contributed by atoms with van der Waals surface area (Å²) in [6, 6.07) is 0. The molecular weight excluding hydrogens is 567 g/mol. The van der Waals surface area contributed by atoms with Crippen LogP contribution in [0.3, 0.4) is 0 Å². The molecule has 0 saturated carbocycles. The molecule has 0 spiro atoms. The summed E-state index contributed by atoms with van der Waals surface area (Å²) >= 11 is 0. The van der Waals surface area contributed by atoms with Crippen LogP contribution < -0.4 is 4.13 Å². The molecule has 6 nitrogen and oxygen atoms in total. The molecular formula is C22H46F6NO5PS2. The molecule has 15 heteroatoms. The Bertz CT molecular complexity index is 717. The Labute approximate surface area is 219 Å². The Morgan fingerprint density at radius 3 is 1.08 bits per heavy atom. The van der Waals surface area contributed by atoms with Crippen molar-refractivity contribution in [2.45, 2.75) is 109 Å². The van der Waals surface area contributed by atoms with Gasteiger partial charge >= 0.3 is 173 Å². The average Bonchev–Trinajstić information content (AvgIpc) is 2.76. The number of hydrogen-bond acceptors (Lipinski definition) is 5. The van der Waals surface area contributed by atoms with E-state index in [1.807, 2.05) is 0 Å². The first-order chi connectivity index (χ1) is 16.9. The quantitative estimate of drug-likeness (QED) is 0.0955. The van der Waals surface area contributed by atoms with Crippen molar-refractivity contribution < 1.29 is 48.3 Å². The van der Waals surface area contributed by atoms with Crippen molar-refractivity contribution in [3.63, 3.8) is 0 Å². The van der Waals surface area contributed by atoms with Gasteiger partial charge in [0, 0.05) is 0 Å². The summed E-state index contributed by atoms with van der Waals surface area (Å²) in [6.07, 6.45) is 22.4. The Morgan fingerprint density at radius 1 is 0.568 bits per heavy atom. The van der Waals surface area contributed by atoms with E-state index >= 15 is 0 Å². The Balaban J connectivity index is 0. The molecule has 0 aromatic rings. The van der Waals surface area contributed by atoms with Crippen LogP contribution in [0.5, 0.6) is 0 Å². The summed E-state index contributed by atoms with van der Waals surface area (Å²) in [6.45, 7) is 7.34. The van der Waals surface area contributed by atoms with E-state index in [4.69, 9.17) is 0 Å². The number of nitrogens with one attached hydrogen (secondary N) is 1. The van der Waals surface area contributed by atoms with Gasteiger partial charge in [-0.1, -0.05) is 4.13 Å². The summed E-state index contributed by atoms with van der Waals surface area (Å²) in [5.41, 5.74) is -12.3.